The Balaban J connectivity index is 1.42. The second kappa shape index (κ2) is 9.70. The maximum atomic E-state index is 14.0. The molecule has 0 bridgehead atoms. The number of halogens is 4. The minimum absolute atomic E-state index is 0.0155. The van der Waals surface area contributed by atoms with Gasteiger partial charge < -0.3 is 20.3 Å². The first-order valence-electron chi connectivity index (χ1n) is 12.0. The van der Waals surface area contributed by atoms with E-state index in [0.29, 0.717) is 34.8 Å². The van der Waals surface area contributed by atoms with Gasteiger partial charge in [0.25, 0.3) is 5.91 Å². The van der Waals surface area contributed by atoms with E-state index in [0.717, 1.165) is 30.2 Å². The molecule has 0 aliphatic carbocycles. The second-order valence-corrected chi connectivity index (χ2v) is 13.0. The fourth-order valence-electron chi connectivity index (χ4n) is 4.74. The molecule has 6 rings (SSSR count). The number of nitrogens with zero attached hydrogens (tertiary/aromatic N) is 3. The highest BCUT2D eigenvalue weighted by Crippen LogP contribution is 2.42. The van der Waals surface area contributed by atoms with Crippen LogP contribution in [0.5, 0.6) is 0 Å². The molecule has 1 fully saturated rings. The van der Waals surface area contributed by atoms with Crippen LogP contribution < -0.4 is 10.6 Å². The van der Waals surface area contributed by atoms with E-state index in [1.807, 2.05) is 0 Å². The summed E-state index contributed by atoms with van der Waals surface area (Å²) < 4.78 is 73.2. The van der Waals surface area contributed by atoms with Crippen LogP contribution in [0, 0.1) is 0 Å². The van der Waals surface area contributed by atoms with Crippen LogP contribution in [0.4, 0.5) is 24.8 Å². The summed E-state index contributed by atoms with van der Waals surface area (Å²) in [6, 6.07) is 4.42. The van der Waals surface area contributed by atoms with Crippen molar-refractivity contribution in [2.45, 2.75) is 30.1 Å². The first kappa shape index (κ1) is 26.4. The Hall–Kier alpha value is -2.78. The number of benzene rings is 1. The molecule has 0 unspecified atom stereocenters. The molecule has 3 aliphatic rings. The molecule has 5 heterocycles. The number of sulfone groups is 1. The number of carbonyl (C=O) groups excluding carboxylic acids is 1. The zero-order chi connectivity index (χ0) is 27.5. The predicted octanol–water partition coefficient (Wildman–Crippen LogP) is 3.89. The van der Waals surface area contributed by atoms with Crippen molar-refractivity contribution in [2.75, 3.05) is 37.4 Å². The molecule has 1 amide bonds. The Bertz CT molecular complexity index is 1590. The van der Waals surface area contributed by atoms with Crippen LogP contribution in [0.25, 0.3) is 10.6 Å². The molecule has 206 valence electrons. The topological polar surface area (TPSA) is 114 Å². The van der Waals surface area contributed by atoms with Gasteiger partial charge in [-0.05, 0) is 42.3 Å². The summed E-state index contributed by atoms with van der Waals surface area (Å²) in [5.41, 5.74) is 0.803. The van der Waals surface area contributed by atoms with Gasteiger partial charge in [-0.1, -0.05) is 11.6 Å². The first-order chi connectivity index (χ1) is 18.5. The third-order valence-electron chi connectivity index (χ3n) is 6.90. The molecule has 39 heavy (non-hydrogen) atoms. The van der Waals surface area contributed by atoms with Gasteiger partial charge >= 0.3 is 6.18 Å². The van der Waals surface area contributed by atoms with Crippen molar-refractivity contribution in [1.82, 2.24) is 20.2 Å². The number of aromatic nitrogens is 2. The highest BCUT2D eigenvalue weighted by Gasteiger charge is 2.41. The Morgan fingerprint density at radius 3 is 2.72 bits per heavy atom. The van der Waals surface area contributed by atoms with Crippen molar-refractivity contribution in [3.05, 3.63) is 51.0 Å². The summed E-state index contributed by atoms with van der Waals surface area (Å²) in [6.07, 6.45) is -3.40. The number of amides is 1. The number of nitrogens with one attached hydrogen (secondary N) is 2. The average Bonchev–Trinajstić information content (AvgIpc) is 3.28. The summed E-state index contributed by atoms with van der Waals surface area (Å²) >= 11 is 7.10. The van der Waals surface area contributed by atoms with Crippen LogP contribution in [-0.2, 0) is 33.7 Å². The molecule has 3 aromatic rings. The van der Waals surface area contributed by atoms with Crippen molar-refractivity contribution in [3.8, 4) is 10.6 Å². The molecule has 2 aromatic heterocycles. The van der Waals surface area contributed by atoms with Crippen molar-refractivity contribution < 1.29 is 31.1 Å². The molecule has 0 saturated carbocycles. The Morgan fingerprint density at radius 2 is 2.00 bits per heavy atom. The minimum Gasteiger partial charge on any atom is -0.377 e. The van der Waals surface area contributed by atoms with Gasteiger partial charge in [-0.2, -0.15) is 13.2 Å². The number of thiophene rings is 1. The third-order valence-corrected chi connectivity index (χ3v) is 10.2. The fraction of sp³-hybridized carbons (Fsp3) is 0.375. The number of rotatable bonds is 4. The van der Waals surface area contributed by atoms with Crippen LogP contribution in [0.3, 0.4) is 0 Å². The monoisotopic (exact) mass is 599 g/mol. The van der Waals surface area contributed by atoms with Gasteiger partial charge in [-0.15, -0.1) is 11.3 Å². The smallest absolute Gasteiger partial charge is 0.377 e. The van der Waals surface area contributed by atoms with E-state index in [9.17, 15) is 26.4 Å². The number of anilines is 2. The Labute approximate surface area is 230 Å². The molecular weight excluding hydrogens is 579 g/mol. The van der Waals surface area contributed by atoms with E-state index in [1.165, 1.54) is 4.90 Å². The highest BCUT2D eigenvalue weighted by molar-refractivity contribution is 7.91. The standard InChI is InChI=1S/C24H21ClF3N5O4S2/c25-16-5-12-1-2-29-8-13(12)6-17(16)31-23-30-9-15(24(26,27)28)20(32-23)18-7-19-21(38-18)22(34)33(14-10-37-11-14)3-4-39(19,35)36/h5-7,9,14,29H,1-4,8,10-11H2,(H,30,31,32). The van der Waals surface area contributed by atoms with Gasteiger partial charge in [0.2, 0.25) is 5.95 Å². The maximum Gasteiger partial charge on any atom is 0.420 e. The summed E-state index contributed by atoms with van der Waals surface area (Å²) in [5, 5.41) is 6.50. The van der Waals surface area contributed by atoms with Gasteiger partial charge in [0, 0.05) is 19.3 Å². The Morgan fingerprint density at radius 1 is 1.21 bits per heavy atom. The molecule has 0 radical (unpaired) electrons. The predicted molar refractivity (Wildman–Crippen MR) is 138 cm³/mol. The van der Waals surface area contributed by atoms with Crippen molar-refractivity contribution in [1.29, 1.82) is 0 Å². The molecule has 0 spiro atoms. The third kappa shape index (κ3) is 4.88. The van der Waals surface area contributed by atoms with E-state index in [1.54, 1.807) is 12.1 Å². The van der Waals surface area contributed by atoms with Gasteiger partial charge in [-0.3, -0.25) is 4.79 Å². The van der Waals surface area contributed by atoms with Crippen molar-refractivity contribution in [3.63, 3.8) is 0 Å². The second-order valence-electron chi connectivity index (χ2n) is 9.42. The lowest BCUT2D eigenvalue weighted by molar-refractivity contribution is -0.137. The molecule has 15 heteroatoms. The van der Waals surface area contributed by atoms with Crippen LogP contribution in [0.15, 0.2) is 29.3 Å². The van der Waals surface area contributed by atoms with Crippen LogP contribution in [-0.4, -0.2) is 67.3 Å². The molecule has 2 N–H and O–H groups in total. The van der Waals surface area contributed by atoms with Gasteiger partial charge in [-0.25, -0.2) is 18.4 Å². The molecule has 0 atom stereocenters. The number of alkyl halides is 3. The molecule has 9 nitrogen and oxygen atoms in total. The molecular formula is C24H21ClF3N5O4S2. The summed E-state index contributed by atoms with van der Waals surface area (Å²) in [4.78, 5) is 22.1. The van der Waals surface area contributed by atoms with Crippen LogP contribution >= 0.6 is 22.9 Å². The van der Waals surface area contributed by atoms with E-state index in [4.69, 9.17) is 16.3 Å². The lowest BCUT2D eigenvalue weighted by Crippen LogP contribution is -2.52. The quantitative estimate of drug-likeness (QED) is 0.464. The van der Waals surface area contributed by atoms with E-state index in [-0.39, 0.29) is 52.2 Å². The average molecular weight is 600 g/mol. The lowest BCUT2D eigenvalue weighted by atomic mass is 10.0. The van der Waals surface area contributed by atoms with Crippen molar-refractivity contribution in [2.24, 2.45) is 0 Å². The zero-order valence-electron chi connectivity index (χ0n) is 20.1. The molecule has 1 saturated heterocycles. The van der Waals surface area contributed by atoms with Crippen LogP contribution in [0.1, 0.15) is 26.4 Å². The normalized spacial score (nSPS) is 19.2. The highest BCUT2D eigenvalue weighted by atomic mass is 35.5. The van der Waals surface area contributed by atoms with E-state index >= 15 is 0 Å². The Kier molecular flexibility index (Phi) is 6.57. The van der Waals surface area contributed by atoms with Crippen LogP contribution in [0.2, 0.25) is 5.02 Å². The number of hydrogen-bond donors (Lipinski definition) is 2. The maximum absolute atomic E-state index is 14.0. The van der Waals surface area contributed by atoms with E-state index in [2.05, 4.69) is 20.6 Å². The number of hydrogen-bond acceptors (Lipinski definition) is 9. The first-order valence-corrected chi connectivity index (χ1v) is 14.8. The molecule has 1 aromatic carbocycles. The van der Waals surface area contributed by atoms with Gasteiger partial charge in [0.05, 0.1) is 51.2 Å². The number of ether oxygens (including phenoxy) is 1. The largest absolute Gasteiger partial charge is 0.420 e. The molecule has 3 aliphatic heterocycles. The summed E-state index contributed by atoms with van der Waals surface area (Å²) in [5.74, 6) is -1.05. The summed E-state index contributed by atoms with van der Waals surface area (Å²) in [7, 11) is -3.93. The SMILES string of the molecule is O=C1c2sc(-c3nc(Nc4cc5c(cc4Cl)CCNC5)ncc3C(F)(F)F)cc2S(=O)(=O)CCN1C1COC1. The fourth-order valence-corrected chi connectivity index (χ4v) is 7.89. The van der Waals surface area contributed by atoms with Gasteiger partial charge in [0.15, 0.2) is 9.84 Å². The summed E-state index contributed by atoms with van der Waals surface area (Å²) in [6.45, 7) is 1.97. The number of carbonyl (C=O) groups is 1. The van der Waals surface area contributed by atoms with Crippen molar-refractivity contribution >= 4 is 50.3 Å². The zero-order valence-corrected chi connectivity index (χ0v) is 22.5. The lowest BCUT2D eigenvalue weighted by Gasteiger charge is -2.36. The van der Waals surface area contributed by atoms with Gasteiger partial charge in [0.1, 0.15) is 10.4 Å². The minimum atomic E-state index is -4.83. The number of fused-ring (bicyclic) bond motifs is 2. The van der Waals surface area contributed by atoms with E-state index < -0.39 is 33.2 Å².